The zero-order valence-electron chi connectivity index (χ0n) is 13.9. The fraction of sp³-hybridized carbons (Fsp3) is 0.316. The van der Waals surface area contributed by atoms with E-state index in [-0.39, 0.29) is 18.4 Å². The van der Waals surface area contributed by atoms with Crippen molar-refractivity contribution in [3.05, 3.63) is 54.1 Å². The molecule has 3 rings (SSSR count). The second-order valence-electron chi connectivity index (χ2n) is 6.21. The molecule has 1 saturated heterocycles. The van der Waals surface area contributed by atoms with Crippen molar-refractivity contribution in [2.75, 3.05) is 25.0 Å². The Labute approximate surface area is 149 Å². The van der Waals surface area contributed by atoms with E-state index < -0.39 is 0 Å². The van der Waals surface area contributed by atoms with Crippen molar-refractivity contribution in [3.8, 4) is 11.1 Å². The van der Waals surface area contributed by atoms with Crippen molar-refractivity contribution in [3.63, 3.8) is 0 Å². The number of urea groups is 1. The molecule has 1 heterocycles. The van der Waals surface area contributed by atoms with Gasteiger partial charge in [0, 0.05) is 18.8 Å². The third-order valence-corrected chi connectivity index (χ3v) is 4.39. The highest BCUT2D eigenvalue weighted by Crippen LogP contribution is 2.23. The fourth-order valence-corrected chi connectivity index (χ4v) is 2.98. The molecule has 128 valence electrons. The molecule has 0 saturated carbocycles. The zero-order chi connectivity index (χ0) is 16.2. The first-order valence-electron chi connectivity index (χ1n) is 8.09. The van der Waals surface area contributed by atoms with Crippen LogP contribution in [0, 0.1) is 12.8 Å². The number of benzene rings is 2. The van der Waals surface area contributed by atoms with Gasteiger partial charge in [-0.2, -0.15) is 0 Å². The standard InChI is InChI=1S/C19H23N3O.ClH/c1-14-3-2-4-17(11-14)16-5-7-18(8-6-16)21-19(23)22-10-9-15(12-20)13-22;/h2-8,11,15H,9-10,12-13,20H2,1H3,(H,21,23);1H. The van der Waals surface area contributed by atoms with Crippen LogP contribution in [0.5, 0.6) is 0 Å². The molecular formula is C19H24ClN3O. The summed E-state index contributed by atoms with van der Waals surface area (Å²) in [4.78, 5) is 14.1. The van der Waals surface area contributed by atoms with Gasteiger partial charge >= 0.3 is 6.03 Å². The minimum absolute atomic E-state index is 0. The Morgan fingerprint density at radius 1 is 1.21 bits per heavy atom. The third-order valence-electron chi connectivity index (χ3n) is 4.39. The van der Waals surface area contributed by atoms with Crippen molar-refractivity contribution in [1.82, 2.24) is 4.90 Å². The number of hydrogen-bond donors (Lipinski definition) is 2. The van der Waals surface area contributed by atoms with Crippen LogP contribution in [-0.2, 0) is 0 Å². The maximum Gasteiger partial charge on any atom is 0.321 e. The van der Waals surface area contributed by atoms with Gasteiger partial charge in [0.1, 0.15) is 0 Å². The number of halogens is 1. The molecule has 3 N–H and O–H groups in total. The van der Waals surface area contributed by atoms with Crippen LogP contribution < -0.4 is 11.1 Å². The summed E-state index contributed by atoms with van der Waals surface area (Å²) in [6, 6.07) is 16.3. The summed E-state index contributed by atoms with van der Waals surface area (Å²) in [7, 11) is 0. The molecule has 24 heavy (non-hydrogen) atoms. The lowest BCUT2D eigenvalue weighted by Gasteiger charge is -2.17. The van der Waals surface area contributed by atoms with Crippen LogP contribution in [0.15, 0.2) is 48.5 Å². The SMILES string of the molecule is Cc1cccc(-c2ccc(NC(=O)N3CCC(CN)C3)cc2)c1.Cl. The summed E-state index contributed by atoms with van der Waals surface area (Å²) in [6.45, 7) is 4.27. The predicted molar refractivity (Wildman–Crippen MR) is 102 cm³/mol. The van der Waals surface area contributed by atoms with Crippen LogP contribution in [0.25, 0.3) is 11.1 Å². The Kier molecular flexibility index (Phi) is 6.23. The van der Waals surface area contributed by atoms with E-state index >= 15 is 0 Å². The molecule has 0 spiro atoms. The van der Waals surface area contributed by atoms with Crippen molar-refractivity contribution < 1.29 is 4.79 Å². The van der Waals surface area contributed by atoms with Gasteiger partial charge in [0.2, 0.25) is 0 Å². The van der Waals surface area contributed by atoms with Gasteiger partial charge in [-0.1, -0.05) is 42.0 Å². The summed E-state index contributed by atoms with van der Waals surface area (Å²) < 4.78 is 0. The highest BCUT2D eigenvalue weighted by Gasteiger charge is 2.25. The number of amides is 2. The van der Waals surface area contributed by atoms with Crippen molar-refractivity contribution in [2.24, 2.45) is 11.7 Å². The molecule has 1 atom stereocenters. The lowest BCUT2D eigenvalue weighted by molar-refractivity contribution is 0.221. The van der Waals surface area contributed by atoms with Gasteiger partial charge in [-0.25, -0.2) is 4.79 Å². The van der Waals surface area contributed by atoms with Gasteiger partial charge in [0.15, 0.2) is 0 Å². The summed E-state index contributed by atoms with van der Waals surface area (Å²) in [5.74, 6) is 0.435. The smallest absolute Gasteiger partial charge is 0.321 e. The zero-order valence-corrected chi connectivity index (χ0v) is 14.7. The lowest BCUT2D eigenvalue weighted by Crippen LogP contribution is -2.33. The molecule has 1 aliphatic rings. The molecule has 0 radical (unpaired) electrons. The number of hydrogen-bond acceptors (Lipinski definition) is 2. The molecule has 1 aliphatic heterocycles. The highest BCUT2D eigenvalue weighted by molar-refractivity contribution is 5.89. The van der Waals surface area contributed by atoms with E-state index in [0.29, 0.717) is 12.5 Å². The summed E-state index contributed by atoms with van der Waals surface area (Å²) in [5, 5.41) is 2.96. The van der Waals surface area contributed by atoms with Crippen molar-refractivity contribution >= 4 is 24.1 Å². The number of nitrogens with two attached hydrogens (primary N) is 1. The number of rotatable bonds is 3. The van der Waals surface area contributed by atoms with Gasteiger partial charge < -0.3 is 16.0 Å². The second-order valence-corrected chi connectivity index (χ2v) is 6.21. The molecule has 0 bridgehead atoms. The first-order valence-corrected chi connectivity index (χ1v) is 8.09. The van der Waals surface area contributed by atoms with Crippen LogP contribution >= 0.6 is 12.4 Å². The van der Waals surface area contributed by atoms with Gasteiger partial charge in [0.05, 0.1) is 0 Å². The third kappa shape index (κ3) is 4.28. The molecule has 0 aromatic heterocycles. The maximum atomic E-state index is 12.2. The largest absolute Gasteiger partial charge is 0.330 e. The predicted octanol–water partition coefficient (Wildman–Crippen LogP) is 3.90. The number of aryl methyl sites for hydroxylation is 1. The Hall–Kier alpha value is -2.04. The van der Waals surface area contributed by atoms with Crippen molar-refractivity contribution in [2.45, 2.75) is 13.3 Å². The normalized spacial score (nSPS) is 16.6. The summed E-state index contributed by atoms with van der Waals surface area (Å²) in [6.07, 6.45) is 0.996. The van der Waals surface area contributed by atoms with E-state index in [0.717, 1.165) is 30.8 Å². The number of nitrogens with one attached hydrogen (secondary N) is 1. The second kappa shape index (κ2) is 8.18. The number of nitrogens with zero attached hydrogens (tertiary/aromatic N) is 1. The average Bonchev–Trinajstić information content (AvgIpc) is 3.05. The van der Waals surface area contributed by atoms with Crippen LogP contribution in [0.4, 0.5) is 10.5 Å². The van der Waals surface area contributed by atoms with Gasteiger partial charge in [-0.05, 0) is 49.1 Å². The molecule has 5 heteroatoms. The first-order chi connectivity index (χ1) is 11.2. The molecule has 4 nitrogen and oxygen atoms in total. The minimum atomic E-state index is -0.0377. The topological polar surface area (TPSA) is 58.4 Å². The van der Waals surface area contributed by atoms with Crippen LogP contribution in [-0.4, -0.2) is 30.6 Å². The molecule has 2 aromatic rings. The van der Waals surface area contributed by atoms with Gasteiger partial charge in [-0.3, -0.25) is 0 Å². The Morgan fingerprint density at radius 2 is 1.96 bits per heavy atom. The quantitative estimate of drug-likeness (QED) is 0.886. The Bertz CT molecular complexity index is 687. The average molecular weight is 346 g/mol. The summed E-state index contributed by atoms with van der Waals surface area (Å²) in [5.41, 5.74) is 10.1. The van der Waals surface area contributed by atoms with Crippen LogP contribution in [0.2, 0.25) is 0 Å². The molecule has 2 aromatic carbocycles. The molecule has 1 fully saturated rings. The fourth-order valence-electron chi connectivity index (χ4n) is 2.98. The minimum Gasteiger partial charge on any atom is -0.330 e. The highest BCUT2D eigenvalue weighted by atomic mass is 35.5. The van der Waals surface area contributed by atoms with Gasteiger partial charge in [0.25, 0.3) is 0 Å². The number of anilines is 1. The Morgan fingerprint density at radius 3 is 2.58 bits per heavy atom. The molecule has 2 amide bonds. The number of carbonyl (C=O) groups is 1. The van der Waals surface area contributed by atoms with E-state index in [4.69, 9.17) is 5.73 Å². The number of likely N-dealkylation sites (tertiary alicyclic amines) is 1. The van der Waals surface area contributed by atoms with Crippen LogP contribution in [0.1, 0.15) is 12.0 Å². The monoisotopic (exact) mass is 345 g/mol. The lowest BCUT2D eigenvalue weighted by atomic mass is 10.0. The van der Waals surface area contributed by atoms with E-state index in [1.54, 1.807) is 0 Å². The van der Waals surface area contributed by atoms with E-state index in [2.05, 4.69) is 36.5 Å². The van der Waals surface area contributed by atoms with E-state index in [9.17, 15) is 4.79 Å². The van der Waals surface area contributed by atoms with Crippen molar-refractivity contribution in [1.29, 1.82) is 0 Å². The van der Waals surface area contributed by atoms with E-state index in [1.165, 1.54) is 11.1 Å². The maximum absolute atomic E-state index is 12.2. The molecule has 0 aliphatic carbocycles. The number of carbonyl (C=O) groups excluding carboxylic acids is 1. The first kappa shape index (κ1) is 18.3. The van der Waals surface area contributed by atoms with Crippen LogP contribution in [0.3, 0.4) is 0 Å². The Balaban J connectivity index is 0.00000208. The van der Waals surface area contributed by atoms with Gasteiger partial charge in [-0.15, -0.1) is 12.4 Å². The molecule has 1 unspecified atom stereocenters. The van der Waals surface area contributed by atoms with E-state index in [1.807, 2.05) is 29.2 Å². The summed E-state index contributed by atoms with van der Waals surface area (Å²) >= 11 is 0. The molecular weight excluding hydrogens is 322 g/mol.